The zero-order valence-corrected chi connectivity index (χ0v) is 21.3. The first kappa shape index (κ1) is 25.5. The zero-order valence-electron chi connectivity index (χ0n) is 21.3. The number of nitrogens with zero attached hydrogens (tertiary/aromatic N) is 1. The molecule has 1 saturated heterocycles. The lowest BCUT2D eigenvalue weighted by atomic mass is 9.80. The molecule has 0 bridgehead atoms. The van der Waals surface area contributed by atoms with Crippen LogP contribution in [0, 0.1) is 0 Å². The maximum atomic E-state index is 12.3. The van der Waals surface area contributed by atoms with Gasteiger partial charge in [0.2, 0.25) is 0 Å². The van der Waals surface area contributed by atoms with Gasteiger partial charge in [-0.05, 0) is 53.8 Å². The van der Waals surface area contributed by atoms with Crippen LogP contribution < -0.4 is 20.7 Å². The Labute approximate surface area is 220 Å². The van der Waals surface area contributed by atoms with E-state index in [1.54, 1.807) is 14.2 Å². The fraction of sp³-hybridized carbons (Fsp3) is 0.267. The highest BCUT2D eigenvalue weighted by Gasteiger charge is 2.40. The van der Waals surface area contributed by atoms with E-state index in [-0.39, 0.29) is 12.7 Å². The van der Waals surface area contributed by atoms with Gasteiger partial charge < -0.3 is 23.9 Å². The lowest BCUT2D eigenvalue weighted by molar-refractivity contribution is -0.0780. The number of H-pyrrole nitrogens is 1. The van der Waals surface area contributed by atoms with Crippen molar-refractivity contribution >= 4 is 0 Å². The number of hydrogen-bond donors (Lipinski definition) is 1. The number of benzene rings is 3. The standard InChI is InChI=1S/C30H30N2O6/c1-35-24-12-8-22(9-13-24)30(21-6-4-3-5-7-21,23-10-14-25(36-2)15-11-23)37-20-26-16-17-28(38-26)32-27(33)18-19-31-29(32)34/h3-15,18-19,26,28H,16-17,20H2,1-2H3,(H,31,34)/t26-,28-/m1/s1. The summed E-state index contributed by atoms with van der Waals surface area (Å²) < 4.78 is 25.0. The molecule has 1 aromatic heterocycles. The van der Waals surface area contributed by atoms with Crippen LogP contribution in [0.15, 0.2) is 101 Å². The van der Waals surface area contributed by atoms with Gasteiger partial charge in [-0.3, -0.25) is 4.79 Å². The number of aromatic amines is 1. The van der Waals surface area contributed by atoms with E-state index in [0.29, 0.717) is 12.8 Å². The molecule has 0 radical (unpaired) electrons. The predicted octanol–water partition coefficient (Wildman–Crippen LogP) is 4.24. The van der Waals surface area contributed by atoms with E-state index < -0.39 is 23.1 Å². The molecule has 196 valence electrons. The molecule has 0 saturated carbocycles. The Kier molecular flexibility index (Phi) is 7.44. The van der Waals surface area contributed by atoms with E-state index in [2.05, 4.69) is 4.98 Å². The van der Waals surface area contributed by atoms with E-state index in [1.807, 2.05) is 78.9 Å². The molecule has 0 aliphatic carbocycles. The first-order chi connectivity index (χ1) is 18.5. The van der Waals surface area contributed by atoms with Crippen molar-refractivity contribution in [3.8, 4) is 11.5 Å². The summed E-state index contributed by atoms with van der Waals surface area (Å²) in [5.41, 5.74) is 0.928. The number of ether oxygens (including phenoxy) is 4. The molecule has 0 amide bonds. The number of methoxy groups -OCH3 is 2. The monoisotopic (exact) mass is 514 g/mol. The van der Waals surface area contributed by atoms with Crippen LogP contribution in [0.5, 0.6) is 11.5 Å². The molecular weight excluding hydrogens is 484 g/mol. The van der Waals surface area contributed by atoms with Gasteiger partial charge in [-0.15, -0.1) is 0 Å². The van der Waals surface area contributed by atoms with Crippen molar-refractivity contribution in [1.29, 1.82) is 0 Å². The summed E-state index contributed by atoms with van der Waals surface area (Å²) >= 11 is 0. The zero-order chi connectivity index (χ0) is 26.5. The second-order valence-electron chi connectivity index (χ2n) is 9.10. The van der Waals surface area contributed by atoms with Crippen LogP contribution in [0.2, 0.25) is 0 Å². The fourth-order valence-electron chi connectivity index (χ4n) is 5.00. The number of rotatable bonds is 9. The molecule has 4 aromatic rings. The summed E-state index contributed by atoms with van der Waals surface area (Å²) in [6.45, 7) is 0.239. The van der Waals surface area contributed by atoms with Crippen LogP contribution in [0.3, 0.4) is 0 Å². The summed E-state index contributed by atoms with van der Waals surface area (Å²) in [7, 11) is 3.27. The second-order valence-corrected chi connectivity index (χ2v) is 9.10. The van der Waals surface area contributed by atoms with Gasteiger partial charge in [-0.25, -0.2) is 9.36 Å². The van der Waals surface area contributed by atoms with Crippen molar-refractivity contribution in [2.45, 2.75) is 30.8 Å². The van der Waals surface area contributed by atoms with Gasteiger partial charge in [0.15, 0.2) is 0 Å². The second kappa shape index (κ2) is 11.1. The van der Waals surface area contributed by atoms with Crippen molar-refractivity contribution in [2.24, 2.45) is 0 Å². The smallest absolute Gasteiger partial charge is 0.330 e. The van der Waals surface area contributed by atoms with Crippen LogP contribution in [-0.2, 0) is 15.1 Å². The maximum absolute atomic E-state index is 12.3. The average molecular weight is 515 g/mol. The molecule has 2 heterocycles. The molecule has 8 heteroatoms. The molecular formula is C30H30N2O6. The molecule has 0 spiro atoms. The van der Waals surface area contributed by atoms with Crippen molar-refractivity contribution in [3.63, 3.8) is 0 Å². The molecule has 1 N–H and O–H groups in total. The maximum Gasteiger partial charge on any atom is 0.330 e. The summed E-state index contributed by atoms with van der Waals surface area (Å²) in [5, 5.41) is 0. The van der Waals surface area contributed by atoms with Gasteiger partial charge in [0.05, 0.1) is 26.9 Å². The highest BCUT2D eigenvalue weighted by molar-refractivity contribution is 5.49. The highest BCUT2D eigenvalue weighted by Crippen LogP contribution is 2.42. The molecule has 8 nitrogen and oxygen atoms in total. The Morgan fingerprint density at radius 3 is 1.95 bits per heavy atom. The van der Waals surface area contributed by atoms with E-state index in [0.717, 1.165) is 32.8 Å². The van der Waals surface area contributed by atoms with Gasteiger partial charge >= 0.3 is 5.69 Å². The number of aromatic nitrogens is 2. The Balaban J connectivity index is 1.53. The van der Waals surface area contributed by atoms with E-state index in [9.17, 15) is 9.59 Å². The third-order valence-corrected chi connectivity index (χ3v) is 6.92. The molecule has 2 atom stereocenters. The van der Waals surface area contributed by atoms with Crippen LogP contribution in [0.25, 0.3) is 0 Å². The third-order valence-electron chi connectivity index (χ3n) is 6.92. The van der Waals surface area contributed by atoms with E-state index >= 15 is 0 Å². The molecule has 38 heavy (non-hydrogen) atoms. The molecule has 3 aromatic carbocycles. The Morgan fingerprint density at radius 1 is 0.816 bits per heavy atom. The normalized spacial score (nSPS) is 17.3. The van der Waals surface area contributed by atoms with Gasteiger partial charge in [0.25, 0.3) is 5.56 Å². The number of nitrogens with one attached hydrogen (secondary N) is 1. The van der Waals surface area contributed by atoms with Gasteiger partial charge in [-0.2, -0.15) is 0 Å². The van der Waals surface area contributed by atoms with Crippen molar-refractivity contribution in [1.82, 2.24) is 9.55 Å². The van der Waals surface area contributed by atoms with Crippen LogP contribution in [-0.4, -0.2) is 36.5 Å². The SMILES string of the molecule is COc1ccc(C(OC[C@H]2CC[C@H](n3c(=O)cc[nH]c3=O)O2)(c2ccccc2)c2ccc(OC)cc2)cc1. The largest absolute Gasteiger partial charge is 0.497 e. The summed E-state index contributed by atoms with van der Waals surface area (Å²) in [5.74, 6) is 1.48. The number of hydrogen-bond acceptors (Lipinski definition) is 6. The minimum absolute atomic E-state index is 0.239. The minimum atomic E-state index is -0.970. The topological polar surface area (TPSA) is 91.8 Å². The Morgan fingerprint density at radius 2 is 1.39 bits per heavy atom. The van der Waals surface area contributed by atoms with E-state index in [1.165, 1.54) is 12.3 Å². The molecule has 0 unspecified atom stereocenters. The fourth-order valence-corrected chi connectivity index (χ4v) is 5.00. The molecule has 1 fully saturated rings. The minimum Gasteiger partial charge on any atom is -0.497 e. The van der Waals surface area contributed by atoms with Crippen molar-refractivity contribution in [3.05, 3.63) is 129 Å². The van der Waals surface area contributed by atoms with Gasteiger partial charge in [0, 0.05) is 12.3 Å². The molecule has 1 aliphatic heterocycles. The van der Waals surface area contributed by atoms with Crippen molar-refractivity contribution in [2.75, 3.05) is 20.8 Å². The first-order valence-corrected chi connectivity index (χ1v) is 12.5. The van der Waals surface area contributed by atoms with Crippen LogP contribution >= 0.6 is 0 Å². The lowest BCUT2D eigenvalue weighted by Gasteiger charge is -2.37. The van der Waals surface area contributed by atoms with E-state index in [4.69, 9.17) is 18.9 Å². The summed E-state index contributed by atoms with van der Waals surface area (Å²) in [6.07, 6.45) is 1.56. The summed E-state index contributed by atoms with van der Waals surface area (Å²) in [6, 6.07) is 27.0. The van der Waals surface area contributed by atoms with Crippen LogP contribution in [0.4, 0.5) is 0 Å². The Bertz CT molecular complexity index is 1390. The lowest BCUT2D eigenvalue weighted by Crippen LogP contribution is -2.38. The first-order valence-electron chi connectivity index (χ1n) is 12.5. The average Bonchev–Trinajstić information content (AvgIpc) is 3.43. The summed E-state index contributed by atoms with van der Waals surface area (Å²) in [4.78, 5) is 27.2. The van der Waals surface area contributed by atoms with Crippen LogP contribution in [0.1, 0.15) is 35.8 Å². The quantitative estimate of drug-likeness (QED) is 0.336. The third kappa shape index (κ3) is 4.88. The van der Waals surface area contributed by atoms with Gasteiger partial charge in [0.1, 0.15) is 23.3 Å². The Hall–Kier alpha value is -4.14. The highest BCUT2D eigenvalue weighted by atomic mass is 16.6. The van der Waals surface area contributed by atoms with Crippen molar-refractivity contribution < 1.29 is 18.9 Å². The molecule has 5 rings (SSSR count). The molecule has 1 aliphatic rings. The van der Waals surface area contributed by atoms with Gasteiger partial charge in [-0.1, -0.05) is 54.6 Å². The predicted molar refractivity (Wildman–Crippen MR) is 143 cm³/mol.